The summed E-state index contributed by atoms with van der Waals surface area (Å²) in [7, 11) is 0. The Bertz CT molecular complexity index is 342. The topological polar surface area (TPSA) is 46.6 Å². The van der Waals surface area contributed by atoms with Gasteiger partial charge in [-0.3, -0.25) is 14.4 Å². The average Bonchev–Trinajstić information content (AvgIpc) is 2.87. The maximum atomic E-state index is 11.9. The van der Waals surface area contributed by atoms with Crippen LogP contribution in [0.2, 0.25) is 0 Å². The first-order valence-corrected chi connectivity index (χ1v) is 6.71. The van der Waals surface area contributed by atoms with Crippen LogP contribution in [0, 0.1) is 11.8 Å². The molecule has 0 aliphatic carbocycles. The van der Waals surface area contributed by atoms with E-state index in [4.69, 9.17) is 4.84 Å². The largest absolute Gasteiger partial charge is 0.272 e. The van der Waals surface area contributed by atoms with Gasteiger partial charge in [-0.25, -0.2) is 0 Å². The van der Waals surface area contributed by atoms with Gasteiger partial charge in [0.15, 0.2) is 0 Å². The molecule has 0 aromatic carbocycles. The van der Waals surface area contributed by atoms with Crippen molar-refractivity contribution in [3.05, 3.63) is 12.2 Å². The molecule has 2 fully saturated rings. The number of hydrogen-bond acceptors (Lipinski definition) is 4. The third-order valence-electron chi connectivity index (χ3n) is 3.05. The first-order valence-electron chi connectivity index (χ1n) is 4.64. The number of carbonyl (C=O) groups is 2. The molecule has 3 aliphatic heterocycles. The predicted molar refractivity (Wildman–Crippen MR) is 58.0 cm³/mol. The van der Waals surface area contributed by atoms with E-state index in [1.165, 1.54) is 0 Å². The fourth-order valence-electron chi connectivity index (χ4n) is 2.45. The number of amides is 2. The summed E-state index contributed by atoms with van der Waals surface area (Å²) < 4.78 is 0. The molecule has 4 atom stereocenters. The van der Waals surface area contributed by atoms with E-state index in [-0.39, 0.29) is 39.7 Å². The van der Waals surface area contributed by atoms with Gasteiger partial charge in [0.25, 0.3) is 11.8 Å². The monoisotopic (exact) mass is 289 g/mol. The Morgan fingerprint density at radius 2 is 1.80 bits per heavy atom. The summed E-state index contributed by atoms with van der Waals surface area (Å²) in [5.74, 6) is -0.768. The number of imide groups is 1. The quantitative estimate of drug-likeness (QED) is 0.431. The smallest absolute Gasteiger partial charge is 0.258 e. The van der Waals surface area contributed by atoms with Crippen molar-refractivity contribution in [1.82, 2.24) is 5.06 Å². The fraction of sp³-hybridized carbons (Fsp3) is 0.556. The summed E-state index contributed by atoms with van der Waals surface area (Å²) in [6.45, 7) is 0. The molecule has 0 radical (unpaired) electrons. The lowest BCUT2D eigenvalue weighted by molar-refractivity contribution is -0.182. The van der Waals surface area contributed by atoms with Crippen LogP contribution in [-0.4, -0.2) is 32.9 Å². The van der Waals surface area contributed by atoms with E-state index < -0.39 is 0 Å². The highest BCUT2D eigenvalue weighted by Crippen LogP contribution is 2.53. The van der Waals surface area contributed by atoms with E-state index in [2.05, 4.69) is 15.9 Å². The number of hydrogen-bond donors (Lipinski definition) is 0. The highest BCUT2D eigenvalue weighted by atomic mass is 79.9. The van der Waals surface area contributed by atoms with Crippen molar-refractivity contribution in [3.8, 4) is 0 Å². The molecule has 0 aromatic heterocycles. The third kappa shape index (κ3) is 1.18. The molecule has 3 aliphatic rings. The molecular weight excluding hydrogens is 282 g/mol. The van der Waals surface area contributed by atoms with Crippen LogP contribution in [0.5, 0.6) is 0 Å². The molecule has 0 spiro atoms. The lowest BCUT2D eigenvalue weighted by Crippen LogP contribution is -2.32. The van der Waals surface area contributed by atoms with E-state index in [1.54, 1.807) is 11.8 Å². The molecule has 4 nitrogen and oxygen atoms in total. The van der Waals surface area contributed by atoms with Crippen LogP contribution < -0.4 is 0 Å². The third-order valence-corrected chi connectivity index (χ3v) is 4.78. The van der Waals surface area contributed by atoms with Crippen LogP contribution in [0.1, 0.15) is 0 Å². The first-order chi connectivity index (χ1) is 7.24. The molecule has 2 saturated heterocycles. The molecule has 3 rings (SSSR count). The van der Waals surface area contributed by atoms with E-state index in [0.717, 1.165) is 5.06 Å². The van der Waals surface area contributed by atoms with Crippen molar-refractivity contribution >= 4 is 39.5 Å². The summed E-state index contributed by atoms with van der Waals surface area (Å²) >= 11 is 4.76. The SMILES string of the molecule is O=C1C2C3C=CC(S3)C2C(=O)N1OCBr. The molecule has 15 heavy (non-hydrogen) atoms. The summed E-state index contributed by atoms with van der Waals surface area (Å²) in [5.41, 5.74) is 0.166. The minimum atomic E-state index is -0.198. The Labute approximate surface area is 99.1 Å². The Morgan fingerprint density at radius 3 is 2.27 bits per heavy atom. The van der Waals surface area contributed by atoms with Crippen LogP contribution in [-0.2, 0) is 14.4 Å². The summed E-state index contributed by atoms with van der Waals surface area (Å²) in [5, 5.41) is 1.26. The standard InChI is InChI=1S/C9H8BrNO3S/c10-3-14-11-8(12)6-4-1-2-5(15-4)7(6)9(11)13/h1-2,4-7H,3H2. The van der Waals surface area contributed by atoms with Crippen molar-refractivity contribution < 1.29 is 14.4 Å². The number of fused-ring (bicyclic) bond motifs is 5. The number of carbonyl (C=O) groups excluding carboxylic acids is 2. The van der Waals surface area contributed by atoms with Gasteiger partial charge in [0.05, 0.1) is 11.8 Å². The molecule has 3 heterocycles. The molecule has 80 valence electrons. The Hall–Kier alpha value is -0.330. The van der Waals surface area contributed by atoms with E-state index >= 15 is 0 Å². The minimum Gasteiger partial charge on any atom is -0.272 e. The van der Waals surface area contributed by atoms with Crippen LogP contribution in [0.25, 0.3) is 0 Å². The molecular formula is C9H8BrNO3S. The van der Waals surface area contributed by atoms with E-state index in [1.807, 2.05) is 12.2 Å². The second-order valence-electron chi connectivity index (χ2n) is 3.71. The van der Waals surface area contributed by atoms with Gasteiger partial charge in [0.2, 0.25) is 0 Å². The zero-order valence-electron chi connectivity index (χ0n) is 7.63. The van der Waals surface area contributed by atoms with Crippen molar-refractivity contribution in [2.24, 2.45) is 11.8 Å². The number of alkyl halides is 1. The lowest BCUT2D eigenvalue weighted by Gasteiger charge is -2.14. The number of thioether (sulfide) groups is 1. The maximum absolute atomic E-state index is 11.9. The number of hydroxylamine groups is 2. The molecule has 0 aromatic rings. The molecule has 6 heteroatoms. The second-order valence-corrected chi connectivity index (χ2v) is 5.53. The Morgan fingerprint density at radius 1 is 1.27 bits per heavy atom. The number of halogens is 1. The Kier molecular flexibility index (Phi) is 2.19. The molecule has 4 unspecified atom stereocenters. The molecule has 0 N–H and O–H groups in total. The predicted octanol–water partition coefficient (Wildman–Crippen LogP) is 0.925. The first kappa shape index (κ1) is 9.86. The van der Waals surface area contributed by atoms with Crippen molar-refractivity contribution in [1.29, 1.82) is 0 Å². The summed E-state index contributed by atoms with van der Waals surface area (Å²) in [4.78, 5) is 28.8. The van der Waals surface area contributed by atoms with E-state index in [9.17, 15) is 9.59 Å². The van der Waals surface area contributed by atoms with E-state index in [0.29, 0.717) is 0 Å². The Balaban J connectivity index is 1.93. The highest BCUT2D eigenvalue weighted by Gasteiger charge is 2.60. The molecule has 0 saturated carbocycles. The normalized spacial score (nSPS) is 41.8. The zero-order chi connectivity index (χ0) is 10.6. The van der Waals surface area contributed by atoms with Crippen molar-refractivity contribution in [2.45, 2.75) is 10.5 Å². The van der Waals surface area contributed by atoms with Crippen LogP contribution >= 0.6 is 27.7 Å². The van der Waals surface area contributed by atoms with Crippen LogP contribution in [0.4, 0.5) is 0 Å². The summed E-state index contributed by atoms with van der Waals surface area (Å²) in [6.07, 6.45) is 4.05. The van der Waals surface area contributed by atoms with Crippen LogP contribution in [0.3, 0.4) is 0 Å². The van der Waals surface area contributed by atoms with Crippen molar-refractivity contribution in [3.63, 3.8) is 0 Å². The highest BCUT2D eigenvalue weighted by molar-refractivity contribution is 9.09. The van der Waals surface area contributed by atoms with Crippen molar-refractivity contribution in [2.75, 3.05) is 5.52 Å². The fourth-order valence-corrected chi connectivity index (χ4v) is 4.29. The van der Waals surface area contributed by atoms with Gasteiger partial charge in [0.1, 0.15) is 5.52 Å². The van der Waals surface area contributed by atoms with Gasteiger partial charge in [-0.15, -0.1) is 11.8 Å². The summed E-state index contributed by atoms with van der Waals surface area (Å²) in [6, 6.07) is 0. The van der Waals surface area contributed by atoms with Gasteiger partial charge in [-0.2, -0.15) is 5.06 Å². The van der Waals surface area contributed by atoms with Gasteiger partial charge >= 0.3 is 0 Å². The van der Waals surface area contributed by atoms with Crippen LogP contribution in [0.15, 0.2) is 12.2 Å². The average molecular weight is 290 g/mol. The van der Waals surface area contributed by atoms with Gasteiger partial charge in [-0.05, 0) is 0 Å². The number of rotatable bonds is 2. The zero-order valence-corrected chi connectivity index (χ0v) is 10.0. The van der Waals surface area contributed by atoms with Gasteiger partial charge < -0.3 is 0 Å². The number of nitrogens with zero attached hydrogens (tertiary/aromatic N) is 1. The minimum absolute atomic E-state index is 0.166. The maximum Gasteiger partial charge on any atom is 0.258 e. The van der Waals surface area contributed by atoms with Gasteiger partial charge in [0, 0.05) is 10.5 Å². The van der Waals surface area contributed by atoms with Gasteiger partial charge in [-0.1, -0.05) is 28.1 Å². The second kappa shape index (κ2) is 3.33. The lowest BCUT2D eigenvalue weighted by atomic mass is 9.85. The molecule has 2 bridgehead atoms. The molecule has 2 amide bonds.